The van der Waals surface area contributed by atoms with Crippen molar-refractivity contribution in [1.82, 2.24) is 10.2 Å². The van der Waals surface area contributed by atoms with E-state index in [4.69, 9.17) is 0 Å². The average Bonchev–Trinajstić information content (AvgIpc) is 2.47. The van der Waals surface area contributed by atoms with Crippen LogP contribution in [0.1, 0.15) is 24.8 Å². The Balaban J connectivity index is 1.70. The highest BCUT2D eigenvalue weighted by Gasteiger charge is 2.21. The van der Waals surface area contributed by atoms with Gasteiger partial charge >= 0.3 is 0 Å². The van der Waals surface area contributed by atoms with Crippen molar-refractivity contribution in [3.63, 3.8) is 0 Å². The standard InChI is InChI=1S/C16H21BrF2N2O/c17-14-3-1-2-13(8-14)11-21-6-4-12(5-7-21)9-16(22)20-10-15(18)19/h1-3,8,12,15H,4-7,9-11H2,(H,20,22). The maximum Gasteiger partial charge on any atom is 0.255 e. The van der Waals surface area contributed by atoms with Crippen LogP contribution in [0, 0.1) is 5.92 Å². The second-order valence-electron chi connectivity index (χ2n) is 5.75. The van der Waals surface area contributed by atoms with Crippen LogP contribution in [0.15, 0.2) is 28.7 Å². The summed E-state index contributed by atoms with van der Waals surface area (Å²) in [6, 6.07) is 8.26. The van der Waals surface area contributed by atoms with Crippen molar-refractivity contribution in [1.29, 1.82) is 0 Å². The third-order valence-corrected chi connectivity index (χ3v) is 4.42. The number of nitrogens with one attached hydrogen (secondary N) is 1. The lowest BCUT2D eigenvalue weighted by Gasteiger charge is -2.31. The van der Waals surface area contributed by atoms with Gasteiger partial charge in [-0.15, -0.1) is 0 Å². The molecular formula is C16H21BrF2N2O. The predicted molar refractivity (Wildman–Crippen MR) is 85.8 cm³/mol. The van der Waals surface area contributed by atoms with E-state index >= 15 is 0 Å². The summed E-state index contributed by atoms with van der Waals surface area (Å²) in [5.74, 6) is 0.0437. The van der Waals surface area contributed by atoms with E-state index in [0.29, 0.717) is 12.3 Å². The van der Waals surface area contributed by atoms with Gasteiger partial charge in [0.15, 0.2) is 0 Å². The summed E-state index contributed by atoms with van der Waals surface area (Å²) >= 11 is 3.47. The molecule has 0 aromatic heterocycles. The molecule has 0 saturated carbocycles. The quantitative estimate of drug-likeness (QED) is 0.826. The maximum atomic E-state index is 12.0. The highest BCUT2D eigenvalue weighted by molar-refractivity contribution is 9.10. The largest absolute Gasteiger partial charge is 0.350 e. The molecule has 1 heterocycles. The zero-order valence-corrected chi connectivity index (χ0v) is 14.0. The van der Waals surface area contributed by atoms with Crippen LogP contribution in [0.3, 0.4) is 0 Å². The molecule has 2 rings (SSSR count). The summed E-state index contributed by atoms with van der Waals surface area (Å²) in [5, 5.41) is 2.28. The van der Waals surface area contributed by atoms with Gasteiger partial charge in [-0.05, 0) is 49.5 Å². The highest BCUT2D eigenvalue weighted by atomic mass is 79.9. The van der Waals surface area contributed by atoms with Crippen LogP contribution in [0.25, 0.3) is 0 Å². The number of carbonyl (C=O) groups is 1. The van der Waals surface area contributed by atoms with Gasteiger partial charge in [-0.3, -0.25) is 9.69 Å². The number of hydrogen-bond donors (Lipinski definition) is 1. The monoisotopic (exact) mass is 374 g/mol. The second kappa shape index (κ2) is 8.58. The third kappa shape index (κ3) is 6.01. The number of benzene rings is 1. The van der Waals surface area contributed by atoms with Gasteiger partial charge in [0.1, 0.15) is 0 Å². The van der Waals surface area contributed by atoms with Gasteiger partial charge in [0.25, 0.3) is 6.43 Å². The van der Waals surface area contributed by atoms with Gasteiger partial charge in [0.05, 0.1) is 6.54 Å². The topological polar surface area (TPSA) is 32.3 Å². The fraction of sp³-hybridized carbons (Fsp3) is 0.562. The molecule has 6 heteroatoms. The minimum absolute atomic E-state index is 0.259. The molecular weight excluding hydrogens is 354 g/mol. The van der Waals surface area contributed by atoms with Crippen molar-refractivity contribution < 1.29 is 13.6 Å². The normalized spacial score (nSPS) is 16.9. The Kier molecular flexibility index (Phi) is 6.76. The summed E-state index contributed by atoms with van der Waals surface area (Å²) in [7, 11) is 0. The molecule has 0 unspecified atom stereocenters. The molecule has 1 amide bonds. The van der Waals surface area contributed by atoms with E-state index in [1.807, 2.05) is 12.1 Å². The van der Waals surface area contributed by atoms with Crippen LogP contribution < -0.4 is 5.32 Å². The van der Waals surface area contributed by atoms with E-state index in [2.05, 4.69) is 38.3 Å². The minimum atomic E-state index is -2.48. The van der Waals surface area contributed by atoms with E-state index in [1.165, 1.54) is 5.56 Å². The Morgan fingerprint density at radius 2 is 2.09 bits per heavy atom. The van der Waals surface area contributed by atoms with Crippen molar-refractivity contribution >= 4 is 21.8 Å². The van der Waals surface area contributed by atoms with Crippen LogP contribution in [-0.4, -0.2) is 36.9 Å². The number of carbonyl (C=O) groups excluding carboxylic acids is 1. The van der Waals surface area contributed by atoms with Crippen molar-refractivity contribution in [3.05, 3.63) is 34.3 Å². The third-order valence-electron chi connectivity index (χ3n) is 3.93. The van der Waals surface area contributed by atoms with Crippen molar-refractivity contribution in [3.8, 4) is 0 Å². The fourth-order valence-electron chi connectivity index (χ4n) is 2.77. The van der Waals surface area contributed by atoms with Crippen LogP contribution >= 0.6 is 15.9 Å². The van der Waals surface area contributed by atoms with E-state index < -0.39 is 13.0 Å². The molecule has 22 heavy (non-hydrogen) atoms. The molecule has 1 aromatic carbocycles. The highest BCUT2D eigenvalue weighted by Crippen LogP contribution is 2.22. The summed E-state index contributed by atoms with van der Waals surface area (Å²) < 4.78 is 25.2. The lowest BCUT2D eigenvalue weighted by atomic mass is 9.93. The Morgan fingerprint density at radius 1 is 1.36 bits per heavy atom. The van der Waals surface area contributed by atoms with Crippen molar-refractivity contribution in [2.45, 2.75) is 32.2 Å². The summed E-state index contributed by atoms with van der Waals surface area (Å²) in [5.41, 5.74) is 1.27. The van der Waals surface area contributed by atoms with E-state index in [9.17, 15) is 13.6 Å². The number of piperidine rings is 1. The van der Waals surface area contributed by atoms with Crippen molar-refractivity contribution in [2.24, 2.45) is 5.92 Å². The van der Waals surface area contributed by atoms with Gasteiger partial charge in [-0.2, -0.15) is 0 Å². The molecule has 1 aliphatic rings. The fourth-order valence-corrected chi connectivity index (χ4v) is 3.21. The molecule has 1 aliphatic heterocycles. The molecule has 0 atom stereocenters. The summed E-state index contributed by atoms with van der Waals surface area (Å²) in [4.78, 5) is 13.9. The van der Waals surface area contributed by atoms with Crippen LogP contribution in [0.4, 0.5) is 8.78 Å². The molecule has 1 fully saturated rings. The maximum absolute atomic E-state index is 12.0. The van der Waals surface area contributed by atoms with Crippen LogP contribution in [0.2, 0.25) is 0 Å². The van der Waals surface area contributed by atoms with Gasteiger partial charge < -0.3 is 5.32 Å². The second-order valence-corrected chi connectivity index (χ2v) is 6.66. The number of halogens is 3. The molecule has 1 N–H and O–H groups in total. The number of nitrogens with zero attached hydrogens (tertiary/aromatic N) is 1. The lowest BCUT2D eigenvalue weighted by Crippen LogP contribution is -2.36. The van der Waals surface area contributed by atoms with E-state index in [-0.39, 0.29) is 5.91 Å². The zero-order valence-electron chi connectivity index (χ0n) is 12.4. The van der Waals surface area contributed by atoms with Crippen LogP contribution in [0.5, 0.6) is 0 Å². The molecule has 1 saturated heterocycles. The first-order valence-electron chi connectivity index (χ1n) is 7.54. The average molecular weight is 375 g/mol. The van der Waals surface area contributed by atoms with E-state index in [0.717, 1.165) is 36.9 Å². The molecule has 122 valence electrons. The minimum Gasteiger partial charge on any atom is -0.350 e. The Labute approximate surface area is 138 Å². The molecule has 0 spiro atoms. The molecule has 1 aromatic rings. The Bertz CT molecular complexity index is 491. The van der Waals surface area contributed by atoms with Gasteiger partial charge in [0.2, 0.25) is 5.91 Å². The molecule has 0 bridgehead atoms. The first-order valence-corrected chi connectivity index (χ1v) is 8.34. The number of rotatable bonds is 6. The van der Waals surface area contributed by atoms with Gasteiger partial charge in [-0.1, -0.05) is 28.1 Å². The lowest BCUT2D eigenvalue weighted by molar-refractivity contribution is -0.123. The zero-order chi connectivity index (χ0) is 15.9. The summed E-state index contributed by atoms with van der Waals surface area (Å²) in [6.45, 7) is 2.25. The number of alkyl halides is 2. The number of hydrogen-bond acceptors (Lipinski definition) is 2. The SMILES string of the molecule is O=C(CC1CCN(Cc2cccc(Br)c2)CC1)NCC(F)F. The van der Waals surface area contributed by atoms with E-state index in [1.54, 1.807) is 0 Å². The summed E-state index contributed by atoms with van der Waals surface area (Å²) in [6.07, 6.45) is -0.236. The van der Waals surface area contributed by atoms with Crippen LogP contribution in [-0.2, 0) is 11.3 Å². The first kappa shape index (κ1) is 17.3. The number of likely N-dealkylation sites (tertiary alicyclic amines) is 1. The molecule has 0 radical (unpaired) electrons. The predicted octanol–water partition coefficient (Wildman–Crippen LogP) is 3.43. The molecule has 3 nitrogen and oxygen atoms in total. The Morgan fingerprint density at radius 3 is 2.73 bits per heavy atom. The number of amides is 1. The first-order chi connectivity index (χ1) is 10.5. The Hall–Kier alpha value is -1.01. The smallest absolute Gasteiger partial charge is 0.255 e. The van der Waals surface area contributed by atoms with Gasteiger partial charge in [-0.25, -0.2) is 8.78 Å². The van der Waals surface area contributed by atoms with Gasteiger partial charge in [0, 0.05) is 17.4 Å². The molecule has 0 aliphatic carbocycles. The van der Waals surface area contributed by atoms with Crippen molar-refractivity contribution in [2.75, 3.05) is 19.6 Å².